The van der Waals surface area contributed by atoms with E-state index in [1.807, 2.05) is 14.1 Å². The summed E-state index contributed by atoms with van der Waals surface area (Å²) in [5, 5.41) is 18.5. The van der Waals surface area contributed by atoms with Gasteiger partial charge in [0.2, 0.25) is 0 Å². The molecule has 0 aliphatic heterocycles. The number of hydrogen-bond acceptors (Lipinski definition) is 2. The van der Waals surface area contributed by atoms with Crippen LogP contribution in [0.4, 0.5) is 4.79 Å². The summed E-state index contributed by atoms with van der Waals surface area (Å²) >= 11 is 0. The first kappa shape index (κ1) is 19.9. The first-order valence-corrected chi connectivity index (χ1v) is 8.32. The van der Waals surface area contributed by atoms with Gasteiger partial charge < -0.3 is 5.11 Å². The molecule has 5 nitrogen and oxygen atoms in total. The average Bonchev–Trinajstić information content (AvgIpc) is 2.40. The van der Waals surface area contributed by atoms with Crippen LogP contribution in [0.25, 0.3) is 0 Å². The van der Waals surface area contributed by atoms with Gasteiger partial charge in [-0.25, -0.2) is 15.5 Å². The number of carboxylic acid groups (broad SMARTS) is 1. The number of nitrogens with zero attached hydrogens (tertiary/aromatic N) is 1. The molecule has 0 aliphatic rings. The standard InChI is InChI=1S/C16H33N3O2/c1-4-5-6-7-8-9-10-11-12-13-14-19(2,3)15(17)18-16(20)21/h4-14H2,1-3H3,(H2-,17,18,20,21)/p+1. The van der Waals surface area contributed by atoms with Gasteiger partial charge in [-0.3, -0.25) is 4.48 Å². The summed E-state index contributed by atoms with van der Waals surface area (Å²) in [6.45, 7) is 3.04. The molecule has 21 heavy (non-hydrogen) atoms. The fourth-order valence-electron chi connectivity index (χ4n) is 2.36. The van der Waals surface area contributed by atoms with Crippen LogP contribution in [0, 0.1) is 5.41 Å². The largest absolute Gasteiger partial charge is 0.465 e. The molecule has 0 rings (SSSR count). The highest BCUT2D eigenvalue weighted by Gasteiger charge is 2.23. The molecule has 3 N–H and O–H groups in total. The molecule has 1 amide bonds. The van der Waals surface area contributed by atoms with Crippen LogP contribution in [-0.2, 0) is 0 Å². The zero-order chi connectivity index (χ0) is 16.1. The van der Waals surface area contributed by atoms with Crippen LogP contribution in [-0.4, -0.2) is 42.3 Å². The smallest absolute Gasteiger partial charge is 0.414 e. The lowest BCUT2D eigenvalue weighted by molar-refractivity contribution is -0.802. The Morgan fingerprint density at radius 3 is 1.81 bits per heavy atom. The molecule has 0 aliphatic carbocycles. The van der Waals surface area contributed by atoms with Crippen molar-refractivity contribution in [1.29, 1.82) is 5.41 Å². The van der Waals surface area contributed by atoms with Gasteiger partial charge in [-0.05, 0) is 12.8 Å². The van der Waals surface area contributed by atoms with Gasteiger partial charge in [-0.1, -0.05) is 58.3 Å². The Labute approximate surface area is 129 Å². The van der Waals surface area contributed by atoms with Crippen LogP contribution in [0.2, 0.25) is 0 Å². The first-order chi connectivity index (χ1) is 9.90. The van der Waals surface area contributed by atoms with E-state index in [0.717, 1.165) is 19.4 Å². The van der Waals surface area contributed by atoms with Crippen molar-refractivity contribution in [2.75, 3.05) is 20.6 Å². The van der Waals surface area contributed by atoms with E-state index >= 15 is 0 Å². The number of quaternary nitrogens is 1. The number of unbranched alkanes of at least 4 members (excludes halogenated alkanes) is 9. The number of amides is 1. The minimum absolute atomic E-state index is 0.0402. The van der Waals surface area contributed by atoms with Crippen molar-refractivity contribution in [3.63, 3.8) is 0 Å². The van der Waals surface area contributed by atoms with Gasteiger partial charge in [0.15, 0.2) is 0 Å². The summed E-state index contributed by atoms with van der Waals surface area (Å²) in [5.74, 6) is 0.0402. The molecule has 0 heterocycles. The monoisotopic (exact) mass is 300 g/mol. The summed E-state index contributed by atoms with van der Waals surface area (Å²) in [4.78, 5) is 10.5. The molecule has 0 atom stereocenters. The highest BCUT2D eigenvalue weighted by Crippen LogP contribution is 2.11. The topological polar surface area (TPSA) is 73.2 Å². The summed E-state index contributed by atoms with van der Waals surface area (Å²) in [7, 11) is 3.73. The Hall–Kier alpha value is -1.10. The Bertz CT molecular complexity index is 304. The molecule has 0 aromatic carbocycles. The predicted molar refractivity (Wildman–Crippen MR) is 87.7 cm³/mol. The van der Waals surface area contributed by atoms with Crippen LogP contribution < -0.4 is 5.32 Å². The van der Waals surface area contributed by atoms with E-state index in [2.05, 4.69) is 12.2 Å². The number of carbonyl (C=O) groups is 1. The number of rotatable bonds is 11. The van der Waals surface area contributed by atoms with Crippen molar-refractivity contribution in [1.82, 2.24) is 5.32 Å². The van der Waals surface area contributed by atoms with Crippen molar-refractivity contribution >= 4 is 12.1 Å². The second kappa shape index (κ2) is 11.5. The van der Waals surface area contributed by atoms with Crippen LogP contribution in [0.5, 0.6) is 0 Å². The van der Waals surface area contributed by atoms with Gasteiger partial charge in [0.1, 0.15) is 0 Å². The minimum Gasteiger partial charge on any atom is -0.465 e. The van der Waals surface area contributed by atoms with Crippen molar-refractivity contribution in [3.8, 4) is 0 Å². The van der Waals surface area contributed by atoms with Gasteiger partial charge in [0.25, 0.3) is 0 Å². The normalized spacial score (nSPS) is 11.4. The van der Waals surface area contributed by atoms with E-state index < -0.39 is 6.09 Å². The highest BCUT2D eigenvalue weighted by atomic mass is 16.4. The second-order valence-corrected chi connectivity index (χ2v) is 6.37. The van der Waals surface area contributed by atoms with Crippen molar-refractivity contribution in [2.24, 2.45) is 0 Å². The van der Waals surface area contributed by atoms with E-state index in [0.29, 0.717) is 4.48 Å². The molecule has 124 valence electrons. The molecule has 0 saturated heterocycles. The molecule has 0 fully saturated rings. The Morgan fingerprint density at radius 2 is 1.38 bits per heavy atom. The first-order valence-electron chi connectivity index (χ1n) is 8.32. The molecule has 0 radical (unpaired) electrons. The van der Waals surface area contributed by atoms with Crippen molar-refractivity contribution < 1.29 is 14.4 Å². The van der Waals surface area contributed by atoms with E-state index in [4.69, 9.17) is 10.5 Å². The minimum atomic E-state index is -1.16. The van der Waals surface area contributed by atoms with E-state index in [1.165, 1.54) is 51.4 Å². The maximum atomic E-state index is 10.5. The summed E-state index contributed by atoms with van der Waals surface area (Å²) in [5.41, 5.74) is 0. The zero-order valence-corrected chi connectivity index (χ0v) is 14.1. The van der Waals surface area contributed by atoms with Gasteiger partial charge in [0.05, 0.1) is 20.6 Å². The number of nitrogens with one attached hydrogen (secondary N) is 2. The lowest BCUT2D eigenvalue weighted by Crippen LogP contribution is -2.53. The lowest BCUT2D eigenvalue weighted by Gasteiger charge is -2.28. The molecule has 5 heteroatoms. The molecular formula is C16H34N3O2+. The Balaban J connectivity index is 3.53. The van der Waals surface area contributed by atoms with E-state index in [9.17, 15) is 4.79 Å². The van der Waals surface area contributed by atoms with Crippen molar-refractivity contribution in [2.45, 2.75) is 71.1 Å². The van der Waals surface area contributed by atoms with E-state index in [-0.39, 0.29) is 5.96 Å². The molecule has 0 unspecified atom stereocenters. The average molecular weight is 300 g/mol. The maximum absolute atomic E-state index is 10.5. The van der Waals surface area contributed by atoms with Gasteiger partial charge in [-0.2, -0.15) is 0 Å². The zero-order valence-electron chi connectivity index (χ0n) is 14.1. The van der Waals surface area contributed by atoms with Gasteiger partial charge >= 0.3 is 12.1 Å². The highest BCUT2D eigenvalue weighted by molar-refractivity contribution is 5.87. The van der Waals surface area contributed by atoms with E-state index in [1.54, 1.807) is 0 Å². The Kier molecular flexibility index (Phi) is 10.9. The molecule has 0 aromatic rings. The predicted octanol–water partition coefficient (Wildman–Crippen LogP) is 4.19. The molecular weight excluding hydrogens is 266 g/mol. The van der Waals surface area contributed by atoms with Crippen LogP contribution in [0.1, 0.15) is 71.1 Å². The quantitative estimate of drug-likeness (QED) is 0.232. The number of hydrogen-bond donors (Lipinski definition) is 3. The third kappa shape index (κ3) is 11.3. The fourth-order valence-corrected chi connectivity index (χ4v) is 2.36. The Morgan fingerprint density at radius 1 is 0.952 bits per heavy atom. The lowest BCUT2D eigenvalue weighted by atomic mass is 10.1. The summed E-state index contributed by atoms with van der Waals surface area (Å²) in [6, 6.07) is 0. The second-order valence-electron chi connectivity index (χ2n) is 6.37. The summed E-state index contributed by atoms with van der Waals surface area (Å²) in [6.07, 6.45) is 11.7. The molecule has 0 saturated carbocycles. The fraction of sp³-hybridized carbons (Fsp3) is 0.875. The third-order valence-electron chi connectivity index (χ3n) is 3.90. The van der Waals surface area contributed by atoms with Gasteiger partial charge in [0, 0.05) is 0 Å². The SMILES string of the molecule is CCCCCCCCCCCC[N+](C)(C)C(=N)NC(=O)O. The van der Waals surface area contributed by atoms with Crippen LogP contribution in [0.3, 0.4) is 0 Å². The van der Waals surface area contributed by atoms with Crippen LogP contribution >= 0.6 is 0 Å². The summed E-state index contributed by atoms with van der Waals surface area (Å²) < 4.78 is 0.295. The van der Waals surface area contributed by atoms with Gasteiger partial charge in [-0.15, -0.1) is 0 Å². The van der Waals surface area contributed by atoms with Crippen molar-refractivity contribution in [3.05, 3.63) is 0 Å². The third-order valence-corrected chi connectivity index (χ3v) is 3.90. The molecule has 0 aromatic heterocycles. The molecule has 0 bridgehead atoms. The number of guanidine groups is 1. The maximum Gasteiger partial charge on any atom is 0.414 e. The molecule has 0 spiro atoms. The van der Waals surface area contributed by atoms with Crippen LogP contribution in [0.15, 0.2) is 0 Å².